The van der Waals surface area contributed by atoms with Crippen molar-refractivity contribution in [3.63, 3.8) is 0 Å². The maximum absolute atomic E-state index is 13.3. The number of pyridine rings is 1. The van der Waals surface area contributed by atoms with Crippen LogP contribution in [-0.4, -0.2) is 67.8 Å². The fourth-order valence-electron chi connectivity index (χ4n) is 4.25. The van der Waals surface area contributed by atoms with Crippen molar-refractivity contribution in [2.75, 3.05) is 20.1 Å². The van der Waals surface area contributed by atoms with Crippen molar-refractivity contribution in [1.29, 1.82) is 0 Å². The molecule has 0 saturated carbocycles. The smallest absolute Gasteiger partial charge is 0.245 e. The monoisotopic (exact) mass is 440 g/mol. The molecule has 1 aliphatic rings. The lowest BCUT2D eigenvalue weighted by atomic mass is 9.98. The summed E-state index contributed by atoms with van der Waals surface area (Å²) in [6, 6.07) is 19.0. The van der Waals surface area contributed by atoms with Crippen molar-refractivity contribution in [2.45, 2.75) is 19.0 Å². The van der Waals surface area contributed by atoms with Gasteiger partial charge in [0.1, 0.15) is 18.1 Å². The highest BCUT2D eigenvalue weighted by molar-refractivity contribution is 5.89. The average molecular weight is 441 g/mol. The first-order valence-corrected chi connectivity index (χ1v) is 10.9. The second kappa shape index (κ2) is 8.82. The second-order valence-electron chi connectivity index (χ2n) is 8.24. The number of para-hydroxylation sites is 1. The molecule has 1 atom stereocenters. The number of carbonyl (C=O) groups excluding carboxylic acids is 2. The lowest BCUT2D eigenvalue weighted by Gasteiger charge is -2.39. The van der Waals surface area contributed by atoms with Crippen LogP contribution in [0.2, 0.25) is 0 Å². The average Bonchev–Trinajstić information content (AvgIpc) is 3.26. The van der Waals surface area contributed by atoms with Gasteiger partial charge in [0.2, 0.25) is 11.8 Å². The fourth-order valence-corrected chi connectivity index (χ4v) is 4.25. The van der Waals surface area contributed by atoms with Crippen LogP contribution in [0.3, 0.4) is 0 Å². The molecule has 1 aliphatic heterocycles. The van der Waals surface area contributed by atoms with Gasteiger partial charge in [-0.05, 0) is 34.9 Å². The highest BCUT2D eigenvalue weighted by Gasteiger charge is 2.36. The maximum Gasteiger partial charge on any atom is 0.245 e. The molecule has 0 spiro atoms. The first kappa shape index (κ1) is 20.8. The molecule has 0 aliphatic carbocycles. The van der Waals surface area contributed by atoms with Crippen LogP contribution in [0.5, 0.6) is 0 Å². The zero-order valence-electron chi connectivity index (χ0n) is 18.3. The van der Waals surface area contributed by atoms with E-state index in [1.807, 2.05) is 66.9 Å². The number of likely N-dealkylation sites (N-methyl/N-ethyl adjacent to an activating group) is 1. The van der Waals surface area contributed by atoms with Crippen molar-refractivity contribution in [2.24, 2.45) is 0 Å². The zero-order valence-corrected chi connectivity index (χ0v) is 18.3. The SMILES string of the molecule is CN1CCN(C(=O)Cn2nnc3ccccc32)[C@H](Cc2ccc(-c3cccnc3)cc2)C1=O. The quantitative estimate of drug-likeness (QED) is 0.476. The van der Waals surface area contributed by atoms with E-state index in [0.717, 1.165) is 27.7 Å². The van der Waals surface area contributed by atoms with Crippen molar-refractivity contribution >= 4 is 22.8 Å². The molecule has 0 radical (unpaired) electrons. The van der Waals surface area contributed by atoms with Crippen molar-refractivity contribution in [3.8, 4) is 11.1 Å². The van der Waals surface area contributed by atoms with Crippen LogP contribution in [-0.2, 0) is 22.6 Å². The van der Waals surface area contributed by atoms with Gasteiger partial charge in [0.15, 0.2) is 0 Å². The molecule has 3 heterocycles. The Labute approximate surface area is 191 Å². The van der Waals surface area contributed by atoms with Gasteiger partial charge in [-0.3, -0.25) is 14.6 Å². The van der Waals surface area contributed by atoms with Crippen LogP contribution in [0.1, 0.15) is 5.56 Å². The highest BCUT2D eigenvalue weighted by atomic mass is 16.2. The summed E-state index contributed by atoms with van der Waals surface area (Å²) in [5.41, 5.74) is 4.64. The number of benzene rings is 2. The van der Waals surface area contributed by atoms with Gasteiger partial charge in [0, 0.05) is 39.0 Å². The van der Waals surface area contributed by atoms with Gasteiger partial charge in [0.25, 0.3) is 0 Å². The third-order valence-electron chi connectivity index (χ3n) is 6.12. The number of nitrogens with zero attached hydrogens (tertiary/aromatic N) is 6. The number of fused-ring (bicyclic) bond motifs is 1. The van der Waals surface area contributed by atoms with Gasteiger partial charge in [0.05, 0.1) is 5.52 Å². The van der Waals surface area contributed by atoms with Crippen molar-refractivity contribution < 1.29 is 9.59 Å². The molecular weight excluding hydrogens is 416 g/mol. The Kier molecular flexibility index (Phi) is 5.56. The Morgan fingerprint density at radius 3 is 2.61 bits per heavy atom. The van der Waals surface area contributed by atoms with E-state index in [0.29, 0.717) is 19.5 Å². The summed E-state index contributed by atoms with van der Waals surface area (Å²) in [5, 5.41) is 8.26. The largest absolute Gasteiger partial charge is 0.342 e. The van der Waals surface area contributed by atoms with Crippen LogP contribution in [0.4, 0.5) is 0 Å². The fraction of sp³-hybridized carbons (Fsp3) is 0.240. The van der Waals surface area contributed by atoms with E-state index < -0.39 is 6.04 Å². The predicted octanol–water partition coefficient (Wildman–Crippen LogP) is 2.41. The van der Waals surface area contributed by atoms with E-state index in [-0.39, 0.29) is 18.4 Å². The normalized spacial score (nSPS) is 16.4. The molecular formula is C25H24N6O2. The van der Waals surface area contributed by atoms with Crippen LogP contribution < -0.4 is 0 Å². The molecule has 2 aromatic carbocycles. The Morgan fingerprint density at radius 1 is 1.00 bits per heavy atom. The summed E-state index contributed by atoms with van der Waals surface area (Å²) < 4.78 is 1.60. The Morgan fingerprint density at radius 2 is 1.82 bits per heavy atom. The molecule has 2 amide bonds. The minimum atomic E-state index is -0.546. The number of amides is 2. The van der Waals surface area contributed by atoms with Gasteiger partial charge < -0.3 is 9.80 Å². The molecule has 0 bridgehead atoms. The Balaban J connectivity index is 1.35. The van der Waals surface area contributed by atoms with Crippen LogP contribution in [0.25, 0.3) is 22.2 Å². The standard InChI is InChI=1S/C25H24N6O2/c1-29-13-14-30(24(32)17-31-22-7-3-2-6-21(22)27-28-31)23(25(29)33)15-18-8-10-19(11-9-18)20-5-4-12-26-16-20/h2-12,16,23H,13-15,17H2,1H3/t23-/m1/s1. The van der Waals surface area contributed by atoms with Gasteiger partial charge in [-0.25, -0.2) is 4.68 Å². The van der Waals surface area contributed by atoms with E-state index in [9.17, 15) is 9.59 Å². The van der Waals surface area contributed by atoms with E-state index >= 15 is 0 Å². The molecule has 33 heavy (non-hydrogen) atoms. The molecule has 8 nitrogen and oxygen atoms in total. The zero-order chi connectivity index (χ0) is 22.8. The summed E-state index contributed by atoms with van der Waals surface area (Å²) in [7, 11) is 1.79. The Hall–Kier alpha value is -4.07. The second-order valence-corrected chi connectivity index (χ2v) is 8.24. The predicted molar refractivity (Wildman–Crippen MR) is 124 cm³/mol. The summed E-state index contributed by atoms with van der Waals surface area (Å²) in [6.45, 7) is 1.05. The number of aromatic nitrogens is 4. The number of piperazine rings is 1. The van der Waals surface area contributed by atoms with Crippen molar-refractivity contribution in [3.05, 3.63) is 78.6 Å². The first-order valence-electron chi connectivity index (χ1n) is 10.9. The number of carbonyl (C=O) groups is 2. The van der Waals surface area contributed by atoms with Gasteiger partial charge in [-0.2, -0.15) is 0 Å². The maximum atomic E-state index is 13.3. The van der Waals surface area contributed by atoms with Crippen LogP contribution in [0, 0.1) is 0 Å². The van der Waals surface area contributed by atoms with Crippen LogP contribution in [0.15, 0.2) is 73.1 Å². The first-order chi connectivity index (χ1) is 16.1. The molecule has 166 valence electrons. The highest BCUT2D eigenvalue weighted by Crippen LogP contribution is 2.22. The molecule has 1 saturated heterocycles. The molecule has 5 rings (SSSR count). The van der Waals surface area contributed by atoms with E-state index in [1.54, 1.807) is 27.7 Å². The van der Waals surface area contributed by atoms with Crippen LogP contribution >= 0.6 is 0 Å². The molecule has 2 aromatic heterocycles. The third-order valence-corrected chi connectivity index (χ3v) is 6.12. The topological polar surface area (TPSA) is 84.2 Å². The summed E-state index contributed by atoms with van der Waals surface area (Å²) >= 11 is 0. The summed E-state index contributed by atoms with van der Waals surface area (Å²) in [6.07, 6.45) is 4.03. The summed E-state index contributed by atoms with van der Waals surface area (Å²) in [5.74, 6) is -0.182. The van der Waals surface area contributed by atoms with E-state index in [1.165, 1.54) is 0 Å². The molecule has 0 N–H and O–H groups in total. The lowest BCUT2D eigenvalue weighted by molar-refractivity contribution is -0.150. The number of hydrogen-bond acceptors (Lipinski definition) is 5. The molecule has 1 fully saturated rings. The van der Waals surface area contributed by atoms with Gasteiger partial charge in [-0.1, -0.05) is 47.7 Å². The molecule has 8 heteroatoms. The Bertz CT molecular complexity index is 1290. The van der Waals surface area contributed by atoms with Crippen molar-refractivity contribution in [1.82, 2.24) is 29.8 Å². The van der Waals surface area contributed by atoms with Gasteiger partial charge in [-0.15, -0.1) is 5.10 Å². The van der Waals surface area contributed by atoms with E-state index in [4.69, 9.17) is 0 Å². The summed E-state index contributed by atoms with van der Waals surface area (Å²) in [4.78, 5) is 33.9. The number of hydrogen-bond donors (Lipinski definition) is 0. The minimum absolute atomic E-state index is 0.0469. The van der Waals surface area contributed by atoms with Gasteiger partial charge >= 0.3 is 0 Å². The molecule has 4 aromatic rings. The number of rotatable bonds is 5. The lowest BCUT2D eigenvalue weighted by Crippen LogP contribution is -2.59. The third kappa shape index (κ3) is 4.19. The van der Waals surface area contributed by atoms with E-state index in [2.05, 4.69) is 15.3 Å². The minimum Gasteiger partial charge on any atom is -0.342 e. The molecule has 0 unspecified atom stereocenters.